The SMILES string of the molecule is CCNc1nc(CCC(F)(F)F)nc2c1CCC2. The van der Waals surface area contributed by atoms with Crippen molar-refractivity contribution in [2.24, 2.45) is 0 Å². The van der Waals surface area contributed by atoms with Crippen LogP contribution in [0.2, 0.25) is 0 Å². The molecular formula is C12H16F3N3. The lowest BCUT2D eigenvalue weighted by Gasteiger charge is -2.11. The molecule has 1 aliphatic rings. The monoisotopic (exact) mass is 259 g/mol. The smallest absolute Gasteiger partial charge is 0.370 e. The van der Waals surface area contributed by atoms with Crippen LogP contribution >= 0.6 is 0 Å². The summed E-state index contributed by atoms with van der Waals surface area (Å²) in [5.41, 5.74) is 1.99. The maximum absolute atomic E-state index is 12.2. The highest BCUT2D eigenvalue weighted by molar-refractivity contribution is 5.48. The first kappa shape index (κ1) is 13.1. The van der Waals surface area contributed by atoms with Crippen LogP contribution < -0.4 is 5.32 Å². The van der Waals surface area contributed by atoms with Gasteiger partial charge in [0, 0.05) is 24.2 Å². The highest BCUT2D eigenvalue weighted by atomic mass is 19.4. The summed E-state index contributed by atoms with van der Waals surface area (Å²) in [6.07, 6.45) is -2.40. The first-order chi connectivity index (χ1) is 8.49. The zero-order valence-electron chi connectivity index (χ0n) is 10.3. The van der Waals surface area contributed by atoms with Gasteiger partial charge in [0.25, 0.3) is 0 Å². The number of aryl methyl sites for hydroxylation is 2. The first-order valence-electron chi connectivity index (χ1n) is 6.19. The maximum Gasteiger partial charge on any atom is 0.389 e. The molecule has 0 saturated heterocycles. The fourth-order valence-corrected chi connectivity index (χ4v) is 2.16. The molecule has 1 aromatic rings. The second-order valence-corrected chi connectivity index (χ2v) is 4.41. The molecule has 1 heterocycles. The number of nitrogens with one attached hydrogen (secondary N) is 1. The minimum absolute atomic E-state index is 0.144. The van der Waals surface area contributed by atoms with E-state index < -0.39 is 12.6 Å². The number of halogens is 3. The van der Waals surface area contributed by atoms with Gasteiger partial charge in [-0.1, -0.05) is 0 Å². The molecule has 18 heavy (non-hydrogen) atoms. The van der Waals surface area contributed by atoms with Crippen molar-refractivity contribution in [2.75, 3.05) is 11.9 Å². The largest absolute Gasteiger partial charge is 0.389 e. The number of nitrogens with zero attached hydrogens (tertiary/aromatic N) is 2. The first-order valence-corrected chi connectivity index (χ1v) is 6.19. The molecule has 2 rings (SSSR count). The van der Waals surface area contributed by atoms with Crippen LogP contribution in [0.4, 0.5) is 19.0 Å². The van der Waals surface area contributed by atoms with Gasteiger partial charge in [0.05, 0.1) is 6.42 Å². The Balaban J connectivity index is 2.19. The molecule has 6 heteroatoms. The van der Waals surface area contributed by atoms with Gasteiger partial charge in [-0.15, -0.1) is 0 Å². The molecule has 3 nitrogen and oxygen atoms in total. The molecule has 0 radical (unpaired) electrons. The van der Waals surface area contributed by atoms with E-state index in [4.69, 9.17) is 0 Å². The van der Waals surface area contributed by atoms with Gasteiger partial charge in [-0.2, -0.15) is 13.2 Å². The third kappa shape index (κ3) is 3.11. The van der Waals surface area contributed by atoms with E-state index in [1.807, 2.05) is 6.92 Å². The van der Waals surface area contributed by atoms with E-state index in [-0.39, 0.29) is 6.42 Å². The van der Waals surface area contributed by atoms with E-state index in [0.29, 0.717) is 12.4 Å². The second kappa shape index (κ2) is 5.12. The Bertz CT molecular complexity index is 429. The van der Waals surface area contributed by atoms with E-state index >= 15 is 0 Å². The fourth-order valence-electron chi connectivity index (χ4n) is 2.16. The van der Waals surface area contributed by atoms with Crippen molar-refractivity contribution in [3.63, 3.8) is 0 Å². The Hall–Kier alpha value is -1.33. The van der Waals surface area contributed by atoms with Crippen LogP contribution in [0.5, 0.6) is 0 Å². The Labute approximate surface area is 104 Å². The van der Waals surface area contributed by atoms with Crippen molar-refractivity contribution in [3.05, 3.63) is 17.1 Å². The predicted octanol–water partition coefficient (Wildman–Crippen LogP) is 2.89. The third-order valence-corrected chi connectivity index (χ3v) is 2.96. The highest BCUT2D eigenvalue weighted by Gasteiger charge is 2.28. The van der Waals surface area contributed by atoms with Crippen LogP contribution in [0, 0.1) is 0 Å². The van der Waals surface area contributed by atoms with Gasteiger partial charge >= 0.3 is 6.18 Å². The summed E-state index contributed by atoms with van der Waals surface area (Å²) in [5, 5.41) is 3.11. The van der Waals surface area contributed by atoms with E-state index in [9.17, 15) is 13.2 Å². The molecule has 0 spiro atoms. The minimum Gasteiger partial charge on any atom is -0.370 e. The van der Waals surface area contributed by atoms with Crippen molar-refractivity contribution >= 4 is 5.82 Å². The molecule has 0 aromatic carbocycles. The fraction of sp³-hybridized carbons (Fsp3) is 0.667. The topological polar surface area (TPSA) is 37.8 Å². The molecule has 100 valence electrons. The molecule has 1 aliphatic carbocycles. The zero-order valence-corrected chi connectivity index (χ0v) is 10.3. The number of anilines is 1. The second-order valence-electron chi connectivity index (χ2n) is 4.41. The maximum atomic E-state index is 12.2. The third-order valence-electron chi connectivity index (χ3n) is 2.96. The average molecular weight is 259 g/mol. The quantitative estimate of drug-likeness (QED) is 0.903. The van der Waals surface area contributed by atoms with E-state index in [1.54, 1.807) is 0 Å². The van der Waals surface area contributed by atoms with Crippen molar-refractivity contribution in [1.29, 1.82) is 0 Å². The average Bonchev–Trinajstić information content (AvgIpc) is 2.74. The summed E-state index contributed by atoms with van der Waals surface area (Å²) in [5.74, 6) is 1.01. The normalized spacial score (nSPS) is 14.7. The lowest BCUT2D eigenvalue weighted by molar-refractivity contribution is -0.134. The summed E-state index contributed by atoms with van der Waals surface area (Å²) in [4.78, 5) is 8.46. The summed E-state index contributed by atoms with van der Waals surface area (Å²) in [6, 6.07) is 0. The molecule has 0 fully saturated rings. The minimum atomic E-state index is -4.15. The molecule has 0 bridgehead atoms. The number of hydrogen-bond acceptors (Lipinski definition) is 3. The van der Waals surface area contributed by atoms with Gasteiger partial charge in [0.15, 0.2) is 0 Å². The number of aromatic nitrogens is 2. The Morgan fingerprint density at radius 3 is 2.67 bits per heavy atom. The van der Waals surface area contributed by atoms with Gasteiger partial charge in [0.2, 0.25) is 0 Å². The van der Waals surface area contributed by atoms with Gasteiger partial charge in [-0.05, 0) is 26.2 Å². The molecule has 0 saturated carbocycles. The predicted molar refractivity (Wildman–Crippen MR) is 62.6 cm³/mol. The molecule has 1 aromatic heterocycles. The van der Waals surface area contributed by atoms with Gasteiger partial charge < -0.3 is 5.32 Å². The van der Waals surface area contributed by atoms with E-state index in [2.05, 4.69) is 15.3 Å². The number of fused-ring (bicyclic) bond motifs is 1. The summed E-state index contributed by atoms with van der Waals surface area (Å²) in [7, 11) is 0. The Morgan fingerprint density at radius 2 is 2.00 bits per heavy atom. The number of hydrogen-bond donors (Lipinski definition) is 1. The van der Waals surface area contributed by atoms with Gasteiger partial charge in [-0.25, -0.2) is 9.97 Å². The van der Waals surface area contributed by atoms with Crippen LogP contribution in [-0.4, -0.2) is 22.7 Å². The molecule has 0 unspecified atom stereocenters. The summed E-state index contributed by atoms with van der Waals surface area (Å²) >= 11 is 0. The van der Waals surface area contributed by atoms with Crippen molar-refractivity contribution < 1.29 is 13.2 Å². The lowest BCUT2D eigenvalue weighted by Crippen LogP contribution is -2.13. The number of rotatable bonds is 4. The van der Waals surface area contributed by atoms with E-state index in [0.717, 1.165) is 36.3 Å². The van der Waals surface area contributed by atoms with Gasteiger partial charge in [0.1, 0.15) is 11.6 Å². The van der Waals surface area contributed by atoms with Crippen molar-refractivity contribution in [2.45, 2.75) is 45.2 Å². The standard InChI is InChI=1S/C12H16F3N3/c1-2-16-11-8-4-3-5-9(8)17-10(18-11)6-7-12(13,14)15/h2-7H2,1H3,(H,16,17,18). The van der Waals surface area contributed by atoms with Crippen LogP contribution in [0.15, 0.2) is 0 Å². The van der Waals surface area contributed by atoms with Crippen LogP contribution in [0.3, 0.4) is 0 Å². The highest BCUT2D eigenvalue weighted by Crippen LogP contribution is 2.27. The summed E-state index contributed by atoms with van der Waals surface area (Å²) < 4.78 is 36.6. The van der Waals surface area contributed by atoms with Crippen LogP contribution in [-0.2, 0) is 19.3 Å². The van der Waals surface area contributed by atoms with Gasteiger partial charge in [-0.3, -0.25) is 0 Å². The molecule has 1 N–H and O–H groups in total. The van der Waals surface area contributed by atoms with Crippen molar-refractivity contribution in [3.8, 4) is 0 Å². The Morgan fingerprint density at radius 1 is 1.22 bits per heavy atom. The molecule has 0 atom stereocenters. The molecule has 0 aliphatic heterocycles. The molecule has 0 amide bonds. The van der Waals surface area contributed by atoms with E-state index in [1.165, 1.54) is 0 Å². The Kier molecular flexibility index (Phi) is 3.73. The van der Waals surface area contributed by atoms with Crippen LogP contribution in [0.1, 0.15) is 36.8 Å². The van der Waals surface area contributed by atoms with Crippen molar-refractivity contribution in [1.82, 2.24) is 9.97 Å². The van der Waals surface area contributed by atoms with Crippen LogP contribution in [0.25, 0.3) is 0 Å². The zero-order chi connectivity index (χ0) is 13.2. The lowest BCUT2D eigenvalue weighted by atomic mass is 10.2. The number of alkyl halides is 3. The molecular weight excluding hydrogens is 243 g/mol. The summed E-state index contributed by atoms with van der Waals surface area (Å²) in [6.45, 7) is 2.65.